The smallest absolute Gasteiger partial charge is 0.290 e. The summed E-state index contributed by atoms with van der Waals surface area (Å²) < 4.78 is 11.7. The average Bonchev–Trinajstić information content (AvgIpc) is 3.05. The normalized spacial score (nSPS) is 15.7. The van der Waals surface area contributed by atoms with Crippen LogP contribution in [-0.2, 0) is 0 Å². The molecule has 0 radical (unpaired) electrons. The third-order valence-corrected chi connectivity index (χ3v) is 5.55. The van der Waals surface area contributed by atoms with E-state index in [0.717, 1.165) is 30.7 Å². The zero-order valence-corrected chi connectivity index (χ0v) is 18.3. The van der Waals surface area contributed by atoms with E-state index in [1.807, 2.05) is 44.4 Å². The van der Waals surface area contributed by atoms with Gasteiger partial charge in [-0.1, -0.05) is 31.2 Å². The van der Waals surface area contributed by atoms with E-state index in [1.54, 1.807) is 23.1 Å². The monoisotopic (exact) mass is 420 g/mol. The first-order valence-electron chi connectivity index (χ1n) is 10.8. The van der Waals surface area contributed by atoms with E-state index in [2.05, 4.69) is 11.8 Å². The number of carbonyl (C=O) groups excluding carboxylic acids is 1. The van der Waals surface area contributed by atoms with E-state index in [-0.39, 0.29) is 17.1 Å². The van der Waals surface area contributed by atoms with Crippen LogP contribution in [-0.4, -0.2) is 49.5 Å². The number of para-hydroxylation sites is 1. The van der Waals surface area contributed by atoms with Crippen LogP contribution in [0.4, 0.5) is 0 Å². The predicted molar refractivity (Wildman–Crippen MR) is 121 cm³/mol. The molecule has 0 aliphatic carbocycles. The molecule has 1 atom stereocenters. The summed E-state index contributed by atoms with van der Waals surface area (Å²) in [6.45, 7) is 4.09. The first-order valence-corrected chi connectivity index (χ1v) is 10.8. The third kappa shape index (κ3) is 4.08. The molecule has 0 fully saturated rings. The van der Waals surface area contributed by atoms with Crippen molar-refractivity contribution in [3.8, 4) is 5.75 Å². The van der Waals surface area contributed by atoms with Crippen molar-refractivity contribution < 1.29 is 13.9 Å². The Bertz CT molecular complexity index is 1130. The van der Waals surface area contributed by atoms with Crippen LogP contribution < -0.4 is 10.2 Å². The first kappa shape index (κ1) is 21.1. The number of carbonyl (C=O) groups is 1. The standard InChI is InChI=1S/C25H28N2O4/c1-4-16-30-18-12-10-17(11-13-18)22-21-23(28)19-8-5-6-9-20(19)31-24(21)25(29)27(22)15-7-14-26(2)3/h5-6,8-13,22H,4,7,14-16H2,1-3H3. The van der Waals surface area contributed by atoms with Crippen LogP contribution in [0.15, 0.2) is 57.7 Å². The lowest BCUT2D eigenvalue weighted by molar-refractivity contribution is 0.0722. The van der Waals surface area contributed by atoms with Crippen LogP contribution in [0.3, 0.4) is 0 Å². The highest BCUT2D eigenvalue weighted by Crippen LogP contribution is 2.38. The number of hydrogen-bond donors (Lipinski definition) is 0. The number of hydrogen-bond acceptors (Lipinski definition) is 5. The Balaban J connectivity index is 1.78. The first-order chi connectivity index (χ1) is 15.0. The van der Waals surface area contributed by atoms with Gasteiger partial charge in [-0.25, -0.2) is 0 Å². The number of rotatable bonds is 8. The number of amides is 1. The highest BCUT2D eigenvalue weighted by atomic mass is 16.5. The van der Waals surface area contributed by atoms with Gasteiger partial charge in [0.05, 0.1) is 23.6 Å². The second-order valence-electron chi connectivity index (χ2n) is 8.15. The fourth-order valence-corrected chi connectivity index (χ4v) is 4.07. The second-order valence-corrected chi connectivity index (χ2v) is 8.15. The summed E-state index contributed by atoms with van der Waals surface area (Å²) in [7, 11) is 4.01. The summed E-state index contributed by atoms with van der Waals surface area (Å²) in [5.41, 5.74) is 1.60. The second kappa shape index (κ2) is 8.94. The van der Waals surface area contributed by atoms with Crippen molar-refractivity contribution in [2.24, 2.45) is 0 Å². The van der Waals surface area contributed by atoms with Crippen LogP contribution in [0.25, 0.3) is 11.0 Å². The van der Waals surface area contributed by atoms with Gasteiger partial charge in [-0.2, -0.15) is 0 Å². The number of nitrogens with zero attached hydrogens (tertiary/aromatic N) is 2. The fraction of sp³-hybridized carbons (Fsp3) is 0.360. The van der Waals surface area contributed by atoms with Gasteiger partial charge in [0.25, 0.3) is 5.91 Å². The van der Waals surface area contributed by atoms with E-state index in [9.17, 15) is 9.59 Å². The van der Waals surface area contributed by atoms with Crippen molar-refractivity contribution >= 4 is 16.9 Å². The Kier molecular flexibility index (Phi) is 6.09. The minimum absolute atomic E-state index is 0.142. The van der Waals surface area contributed by atoms with Gasteiger partial charge in [-0.05, 0) is 63.3 Å². The van der Waals surface area contributed by atoms with Crippen LogP contribution in [0.5, 0.6) is 5.75 Å². The minimum atomic E-state index is -0.467. The molecule has 1 unspecified atom stereocenters. The van der Waals surface area contributed by atoms with Crippen molar-refractivity contribution in [1.82, 2.24) is 9.80 Å². The summed E-state index contributed by atoms with van der Waals surface area (Å²) in [6, 6.07) is 14.3. The van der Waals surface area contributed by atoms with Crippen LogP contribution >= 0.6 is 0 Å². The number of fused-ring (bicyclic) bond motifs is 2. The highest BCUT2D eigenvalue weighted by molar-refractivity contribution is 5.99. The van der Waals surface area contributed by atoms with Crippen LogP contribution in [0, 0.1) is 0 Å². The van der Waals surface area contributed by atoms with E-state index in [4.69, 9.17) is 9.15 Å². The Hall–Kier alpha value is -3.12. The molecule has 6 nitrogen and oxygen atoms in total. The van der Waals surface area contributed by atoms with Gasteiger partial charge >= 0.3 is 0 Å². The van der Waals surface area contributed by atoms with Crippen LogP contribution in [0.2, 0.25) is 0 Å². The SMILES string of the molecule is CCCOc1ccc(C2c3c(oc4ccccc4c3=O)C(=O)N2CCCN(C)C)cc1. The molecule has 31 heavy (non-hydrogen) atoms. The van der Waals surface area contributed by atoms with Crippen molar-refractivity contribution in [2.45, 2.75) is 25.8 Å². The molecule has 6 heteroatoms. The quantitative estimate of drug-likeness (QED) is 0.550. The van der Waals surface area contributed by atoms with Crippen molar-refractivity contribution in [1.29, 1.82) is 0 Å². The largest absolute Gasteiger partial charge is 0.494 e. The summed E-state index contributed by atoms with van der Waals surface area (Å²) in [4.78, 5) is 30.6. The molecule has 3 aromatic rings. The van der Waals surface area contributed by atoms with Gasteiger partial charge in [0.1, 0.15) is 11.3 Å². The van der Waals surface area contributed by atoms with E-state index in [0.29, 0.717) is 29.7 Å². The molecule has 2 heterocycles. The molecule has 0 N–H and O–H groups in total. The van der Waals surface area contributed by atoms with Crippen molar-refractivity contribution in [2.75, 3.05) is 33.8 Å². The predicted octanol–water partition coefficient (Wildman–Crippen LogP) is 4.08. The molecule has 0 bridgehead atoms. The summed E-state index contributed by atoms with van der Waals surface area (Å²) in [6.07, 6.45) is 1.73. The molecule has 2 aromatic carbocycles. The minimum Gasteiger partial charge on any atom is -0.494 e. The van der Waals surface area contributed by atoms with Crippen molar-refractivity contribution in [3.05, 3.63) is 75.6 Å². The Labute approximate surface area is 182 Å². The maximum atomic E-state index is 13.4. The molecule has 162 valence electrons. The maximum absolute atomic E-state index is 13.4. The zero-order chi connectivity index (χ0) is 22.0. The van der Waals surface area contributed by atoms with Crippen LogP contribution in [0.1, 0.15) is 47.5 Å². The molecule has 1 amide bonds. The molecule has 4 rings (SSSR count). The Morgan fingerprint density at radius 1 is 1.06 bits per heavy atom. The lowest BCUT2D eigenvalue weighted by Crippen LogP contribution is -2.32. The third-order valence-electron chi connectivity index (χ3n) is 5.55. The summed E-state index contributed by atoms with van der Waals surface area (Å²) in [5, 5.41) is 0.497. The molecular weight excluding hydrogens is 392 g/mol. The van der Waals surface area contributed by atoms with E-state index < -0.39 is 6.04 Å². The summed E-state index contributed by atoms with van der Waals surface area (Å²) >= 11 is 0. The topological polar surface area (TPSA) is 63.0 Å². The Morgan fingerprint density at radius 2 is 1.81 bits per heavy atom. The van der Waals surface area contributed by atoms with Gasteiger partial charge in [-0.3, -0.25) is 9.59 Å². The molecule has 1 aliphatic heterocycles. The Morgan fingerprint density at radius 3 is 2.52 bits per heavy atom. The van der Waals surface area contributed by atoms with Crippen molar-refractivity contribution in [3.63, 3.8) is 0 Å². The molecule has 0 saturated carbocycles. The van der Waals surface area contributed by atoms with Gasteiger partial charge in [0, 0.05) is 6.54 Å². The average molecular weight is 421 g/mol. The number of ether oxygens (including phenoxy) is 1. The van der Waals surface area contributed by atoms with E-state index in [1.165, 1.54) is 0 Å². The van der Waals surface area contributed by atoms with Gasteiger partial charge < -0.3 is 19.0 Å². The molecule has 0 saturated heterocycles. The zero-order valence-electron chi connectivity index (χ0n) is 18.3. The highest BCUT2D eigenvalue weighted by Gasteiger charge is 2.42. The van der Waals surface area contributed by atoms with Gasteiger partial charge in [-0.15, -0.1) is 0 Å². The maximum Gasteiger partial charge on any atom is 0.290 e. The molecule has 1 aliphatic rings. The lowest BCUT2D eigenvalue weighted by atomic mass is 9.98. The summed E-state index contributed by atoms with van der Waals surface area (Å²) in [5.74, 6) is 0.706. The molecule has 1 aromatic heterocycles. The lowest BCUT2D eigenvalue weighted by Gasteiger charge is -2.26. The fourth-order valence-electron chi connectivity index (χ4n) is 4.07. The van der Waals surface area contributed by atoms with Gasteiger partial charge in [0.15, 0.2) is 5.43 Å². The molecular formula is C25H28N2O4. The number of benzene rings is 2. The van der Waals surface area contributed by atoms with Gasteiger partial charge in [0.2, 0.25) is 5.76 Å². The molecule has 0 spiro atoms. The van der Waals surface area contributed by atoms with E-state index >= 15 is 0 Å².